The van der Waals surface area contributed by atoms with Crippen molar-refractivity contribution in [1.82, 2.24) is 5.32 Å². The Kier molecular flexibility index (Phi) is 4.91. The lowest BCUT2D eigenvalue weighted by Crippen LogP contribution is -2.27. The fraction of sp³-hybridized carbons (Fsp3) is 0.389. The Hall–Kier alpha value is -2.23. The summed E-state index contributed by atoms with van der Waals surface area (Å²) >= 11 is 0. The van der Waals surface area contributed by atoms with Crippen LogP contribution < -0.4 is 10.1 Å². The van der Waals surface area contributed by atoms with Gasteiger partial charge in [0.25, 0.3) is 5.91 Å². The first-order chi connectivity index (χ1) is 10.4. The van der Waals surface area contributed by atoms with Crippen LogP contribution in [0.3, 0.4) is 0 Å². The summed E-state index contributed by atoms with van der Waals surface area (Å²) in [6, 6.07) is 5.85. The molecule has 1 amide bonds. The molecule has 1 heterocycles. The molecule has 0 saturated heterocycles. The third-order valence-electron chi connectivity index (χ3n) is 3.67. The predicted octanol–water partition coefficient (Wildman–Crippen LogP) is 4.09. The van der Waals surface area contributed by atoms with E-state index in [-0.39, 0.29) is 11.9 Å². The van der Waals surface area contributed by atoms with Crippen molar-refractivity contribution in [3.8, 4) is 5.75 Å². The summed E-state index contributed by atoms with van der Waals surface area (Å²) in [5, 5.41) is 3.03. The van der Waals surface area contributed by atoms with Gasteiger partial charge in [-0.05, 0) is 40.7 Å². The van der Waals surface area contributed by atoms with Crippen molar-refractivity contribution >= 4 is 5.91 Å². The fourth-order valence-electron chi connectivity index (χ4n) is 2.55. The summed E-state index contributed by atoms with van der Waals surface area (Å²) in [5.41, 5.74) is 3.57. The first-order valence-corrected chi connectivity index (χ1v) is 7.53. The zero-order valence-electron chi connectivity index (χ0n) is 13.8. The Balaban J connectivity index is 2.24. The monoisotopic (exact) mass is 301 g/mol. The first-order valence-electron chi connectivity index (χ1n) is 7.53. The molecular weight excluding hydrogens is 278 g/mol. The lowest BCUT2D eigenvalue weighted by molar-refractivity contribution is 0.0937. The van der Waals surface area contributed by atoms with Crippen LogP contribution in [0.15, 0.2) is 28.9 Å². The largest absolute Gasteiger partial charge is 0.494 e. The number of ether oxygens (including phenoxy) is 1. The van der Waals surface area contributed by atoms with Gasteiger partial charge in [0.1, 0.15) is 11.5 Å². The molecular formula is C18H23NO3. The van der Waals surface area contributed by atoms with Crippen molar-refractivity contribution in [3.05, 3.63) is 52.5 Å². The number of nitrogens with one attached hydrogen (secondary N) is 1. The molecule has 22 heavy (non-hydrogen) atoms. The van der Waals surface area contributed by atoms with Crippen molar-refractivity contribution in [2.24, 2.45) is 0 Å². The van der Waals surface area contributed by atoms with Gasteiger partial charge in [-0.1, -0.05) is 17.7 Å². The van der Waals surface area contributed by atoms with E-state index in [0.29, 0.717) is 17.9 Å². The highest BCUT2D eigenvalue weighted by atomic mass is 16.5. The molecule has 1 N–H and O–H groups in total. The second kappa shape index (κ2) is 6.69. The van der Waals surface area contributed by atoms with Crippen LogP contribution in [0.5, 0.6) is 5.75 Å². The Morgan fingerprint density at radius 2 is 2.05 bits per heavy atom. The maximum Gasteiger partial charge on any atom is 0.255 e. The van der Waals surface area contributed by atoms with Gasteiger partial charge in [0.15, 0.2) is 0 Å². The van der Waals surface area contributed by atoms with Gasteiger partial charge in [-0.25, -0.2) is 0 Å². The molecule has 1 aromatic carbocycles. The average molecular weight is 301 g/mol. The summed E-state index contributed by atoms with van der Waals surface area (Å²) in [5.74, 6) is 1.32. The molecule has 2 aromatic rings. The molecule has 0 spiro atoms. The van der Waals surface area contributed by atoms with Gasteiger partial charge in [-0.15, -0.1) is 0 Å². The molecule has 4 nitrogen and oxygen atoms in total. The van der Waals surface area contributed by atoms with E-state index >= 15 is 0 Å². The molecule has 1 aromatic heterocycles. The molecule has 0 aliphatic heterocycles. The van der Waals surface area contributed by atoms with Gasteiger partial charge >= 0.3 is 0 Å². The van der Waals surface area contributed by atoms with Gasteiger partial charge in [-0.2, -0.15) is 0 Å². The molecule has 4 heteroatoms. The van der Waals surface area contributed by atoms with Crippen LogP contribution >= 0.6 is 0 Å². The quantitative estimate of drug-likeness (QED) is 0.904. The molecule has 0 saturated carbocycles. The fourth-order valence-corrected chi connectivity index (χ4v) is 2.55. The van der Waals surface area contributed by atoms with Gasteiger partial charge in [0, 0.05) is 11.1 Å². The molecule has 1 unspecified atom stereocenters. The van der Waals surface area contributed by atoms with Crippen LogP contribution in [0.4, 0.5) is 0 Å². The minimum atomic E-state index is -0.150. The minimum absolute atomic E-state index is 0.125. The lowest BCUT2D eigenvalue weighted by atomic mass is 10.0. The molecule has 0 bridgehead atoms. The van der Waals surface area contributed by atoms with Crippen molar-refractivity contribution in [3.63, 3.8) is 0 Å². The van der Waals surface area contributed by atoms with Crippen LogP contribution in [0, 0.1) is 20.8 Å². The third-order valence-corrected chi connectivity index (χ3v) is 3.67. The van der Waals surface area contributed by atoms with Crippen LogP contribution in [-0.2, 0) is 0 Å². The number of amides is 1. The van der Waals surface area contributed by atoms with E-state index in [4.69, 9.17) is 9.15 Å². The smallest absolute Gasteiger partial charge is 0.255 e. The lowest BCUT2D eigenvalue weighted by Gasteiger charge is -2.19. The second-order valence-electron chi connectivity index (χ2n) is 5.52. The van der Waals surface area contributed by atoms with E-state index < -0.39 is 0 Å². The summed E-state index contributed by atoms with van der Waals surface area (Å²) in [4.78, 5) is 12.5. The van der Waals surface area contributed by atoms with Crippen LogP contribution in [0.25, 0.3) is 0 Å². The minimum Gasteiger partial charge on any atom is -0.494 e. The van der Waals surface area contributed by atoms with E-state index in [9.17, 15) is 4.79 Å². The highest BCUT2D eigenvalue weighted by Crippen LogP contribution is 2.27. The van der Waals surface area contributed by atoms with Crippen LogP contribution in [0.2, 0.25) is 0 Å². The van der Waals surface area contributed by atoms with E-state index in [1.165, 1.54) is 0 Å². The molecule has 0 fully saturated rings. The zero-order valence-corrected chi connectivity index (χ0v) is 13.8. The molecule has 0 aliphatic carbocycles. The zero-order chi connectivity index (χ0) is 16.3. The molecule has 0 radical (unpaired) electrons. The number of benzene rings is 1. The van der Waals surface area contributed by atoms with Crippen molar-refractivity contribution in [2.75, 3.05) is 6.61 Å². The Morgan fingerprint density at radius 3 is 2.64 bits per heavy atom. The second-order valence-corrected chi connectivity index (χ2v) is 5.52. The molecule has 1 atom stereocenters. The number of carbonyl (C=O) groups excluding carboxylic acids is 1. The number of carbonyl (C=O) groups is 1. The van der Waals surface area contributed by atoms with Gasteiger partial charge in [-0.3, -0.25) is 4.79 Å². The molecule has 0 aliphatic rings. The third kappa shape index (κ3) is 3.32. The average Bonchev–Trinajstić information content (AvgIpc) is 2.80. The number of hydrogen-bond donors (Lipinski definition) is 1. The Bertz CT molecular complexity index is 653. The summed E-state index contributed by atoms with van der Waals surface area (Å²) in [7, 11) is 0. The molecule has 118 valence electrons. The topological polar surface area (TPSA) is 51.5 Å². The first kappa shape index (κ1) is 16.1. The summed E-state index contributed by atoms with van der Waals surface area (Å²) in [6.45, 7) is 10.2. The van der Waals surface area contributed by atoms with Gasteiger partial charge < -0.3 is 14.5 Å². The van der Waals surface area contributed by atoms with E-state index in [1.807, 2.05) is 45.9 Å². The number of rotatable bonds is 5. The molecule has 2 rings (SSSR count). The van der Waals surface area contributed by atoms with E-state index in [0.717, 1.165) is 22.4 Å². The number of aryl methyl sites for hydroxylation is 3. The maximum absolute atomic E-state index is 12.5. The summed E-state index contributed by atoms with van der Waals surface area (Å²) < 4.78 is 11.0. The normalized spacial score (nSPS) is 12.0. The highest BCUT2D eigenvalue weighted by Gasteiger charge is 2.20. The summed E-state index contributed by atoms with van der Waals surface area (Å²) in [6.07, 6.45) is 1.60. The van der Waals surface area contributed by atoms with Crippen molar-refractivity contribution in [2.45, 2.75) is 40.7 Å². The Labute approximate surface area is 131 Å². The Morgan fingerprint density at radius 1 is 1.32 bits per heavy atom. The predicted molar refractivity (Wildman–Crippen MR) is 86.4 cm³/mol. The van der Waals surface area contributed by atoms with Gasteiger partial charge in [0.2, 0.25) is 0 Å². The van der Waals surface area contributed by atoms with Crippen LogP contribution in [-0.4, -0.2) is 12.5 Å². The van der Waals surface area contributed by atoms with Crippen molar-refractivity contribution < 1.29 is 13.9 Å². The van der Waals surface area contributed by atoms with E-state index in [1.54, 1.807) is 13.2 Å². The standard InChI is InChI=1S/C18H23NO3/c1-6-21-16-8-7-11(2)9-15(16)13(4)19-18(20)17-12(3)10-22-14(17)5/h7-10,13H,6H2,1-5H3,(H,19,20). The highest BCUT2D eigenvalue weighted by molar-refractivity contribution is 5.96. The maximum atomic E-state index is 12.5. The van der Waals surface area contributed by atoms with Crippen molar-refractivity contribution in [1.29, 1.82) is 0 Å². The van der Waals surface area contributed by atoms with Crippen LogP contribution in [0.1, 0.15) is 52.7 Å². The number of hydrogen-bond acceptors (Lipinski definition) is 3. The SMILES string of the molecule is CCOc1ccc(C)cc1C(C)NC(=O)c1c(C)coc1C. The van der Waals surface area contributed by atoms with Gasteiger partial charge in [0.05, 0.1) is 24.5 Å². The number of furan rings is 1. The van der Waals surface area contributed by atoms with E-state index in [2.05, 4.69) is 5.32 Å².